The van der Waals surface area contributed by atoms with Crippen LogP contribution in [0.5, 0.6) is 0 Å². The van der Waals surface area contributed by atoms with Crippen molar-refractivity contribution in [1.82, 2.24) is 14.9 Å². The van der Waals surface area contributed by atoms with Crippen LogP contribution in [0.15, 0.2) is 30.6 Å². The van der Waals surface area contributed by atoms with Gasteiger partial charge in [-0.15, -0.1) is 0 Å². The number of carbonyl (C=O) groups excluding carboxylic acids is 1. The zero-order valence-corrected chi connectivity index (χ0v) is 26.1. The van der Waals surface area contributed by atoms with Crippen LogP contribution in [-0.4, -0.2) is 69.0 Å². The Kier molecular flexibility index (Phi) is 10.2. The smallest absolute Gasteiger partial charge is 0.416 e. The minimum atomic E-state index is -4.99. The van der Waals surface area contributed by atoms with Gasteiger partial charge in [0.15, 0.2) is 0 Å². The van der Waals surface area contributed by atoms with E-state index in [1.54, 1.807) is 43.0 Å². The van der Waals surface area contributed by atoms with Crippen molar-refractivity contribution in [2.24, 2.45) is 0 Å². The molecule has 2 saturated heterocycles. The van der Waals surface area contributed by atoms with Crippen LogP contribution in [0.4, 0.5) is 42.8 Å². The van der Waals surface area contributed by atoms with Gasteiger partial charge in [0.1, 0.15) is 5.60 Å². The second kappa shape index (κ2) is 13.2. The van der Waals surface area contributed by atoms with E-state index in [0.717, 1.165) is 12.1 Å². The Morgan fingerprint density at radius 1 is 0.956 bits per heavy atom. The topological polar surface area (TPSA) is 82.0 Å². The number of aliphatic hydroxyl groups is 1. The van der Waals surface area contributed by atoms with Gasteiger partial charge in [0.25, 0.3) is 0 Å². The van der Waals surface area contributed by atoms with Gasteiger partial charge in [-0.1, -0.05) is 13.8 Å². The molecule has 2 aliphatic heterocycles. The number of rotatable bonds is 7. The van der Waals surface area contributed by atoms with Crippen LogP contribution >= 0.6 is 0 Å². The molecule has 2 aromatic rings. The molecule has 1 aromatic carbocycles. The average molecular weight is 646 g/mol. The molecule has 0 radical (unpaired) electrons. The largest absolute Gasteiger partial charge is 0.444 e. The lowest BCUT2D eigenvalue weighted by Gasteiger charge is -2.48. The molecule has 1 amide bonds. The summed E-state index contributed by atoms with van der Waals surface area (Å²) in [6.45, 7) is 9.83. The number of amides is 1. The van der Waals surface area contributed by atoms with E-state index in [-0.39, 0.29) is 36.2 Å². The third kappa shape index (κ3) is 8.50. The molecule has 2 fully saturated rings. The number of ether oxygens (including phenoxy) is 1. The molecular formula is C31H41F6N5O3. The lowest BCUT2D eigenvalue weighted by Crippen LogP contribution is -2.57. The zero-order chi connectivity index (χ0) is 33.3. The summed E-state index contributed by atoms with van der Waals surface area (Å²) < 4.78 is 88.0. The fourth-order valence-electron chi connectivity index (χ4n) is 6.12. The summed E-state index contributed by atoms with van der Waals surface area (Å²) >= 11 is 0. The molecule has 0 aliphatic carbocycles. The van der Waals surface area contributed by atoms with Crippen LogP contribution in [0, 0.1) is 0 Å². The number of hydrogen-bond acceptors (Lipinski definition) is 7. The number of hydrogen-bond donors (Lipinski definition) is 1. The molecule has 14 heteroatoms. The predicted octanol–water partition coefficient (Wildman–Crippen LogP) is 7.05. The first kappa shape index (κ1) is 34.6. The highest BCUT2D eigenvalue weighted by molar-refractivity contribution is 5.69. The van der Waals surface area contributed by atoms with E-state index in [4.69, 9.17) is 4.74 Å². The molecule has 45 heavy (non-hydrogen) atoms. The van der Waals surface area contributed by atoms with Crippen molar-refractivity contribution in [3.63, 3.8) is 0 Å². The van der Waals surface area contributed by atoms with E-state index in [0.29, 0.717) is 50.9 Å². The monoisotopic (exact) mass is 645 g/mol. The average Bonchev–Trinajstić information content (AvgIpc) is 3.39. The normalized spacial score (nSPS) is 22.9. The number of nitrogens with zero attached hydrogens (tertiary/aromatic N) is 5. The Morgan fingerprint density at radius 2 is 1.49 bits per heavy atom. The number of anilines is 2. The van der Waals surface area contributed by atoms with Gasteiger partial charge in [0.2, 0.25) is 5.95 Å². The van der Waals surface area contributed by atoms with Gasteiger partial charge >= 0.3 is 18.4 Å². The first-order valence-corrected chi connectivity index (χ1v) is 15.2. The summed E-state index contributed by atoms with van der Waals surface area (Å²) in [7, 11) is 0. The number of carbonyl (C=O) groups is 1. The van der Waals surface area contributed by atoms with Crippen LogP contribution in [0.1, 0.15) is 83.4 Å². The maximum atomic E-state index is 13.7. The van der Waals surface area contributed by atoms with Crippen LogP contribution in [0.3, 0.4) is 0 Å². The SMILES string of the molecule is CC[C@@H]1C[C@H](N(Cc2cc(C(F)(F)F)cc(C(F)(F)F)c2)c2ncc(N3CC[C@H](O)C3)cn2)C[C@H](CC)N1C(=O)OC(C)(C)C. The Balaban J connectivity index is 1.74. The van der Waals surface area contributed by atoms with Crippen molar-refractivity contribution in [1.29, 1.82) is 0 Å². The minimum absolute atomic E-state index is 0.114. The number of alkyl halides is 6. The van der Waals surface area contributed by atoms with Crippen molar-refractivity contribution in [2.75, 3.05) is 22.9 Å². The summed E-state index contributed by atoms with van der Waals surface area (Å²) in [5.41, 5.74) is -3.06. The van der Waals surface area contributed by atoms with E-state index < -0.39 is 47.3 Å². The van der Waals surface area contributed by atoms with Gasteiger partial charge in [-0.25, -0.2) is 14.8 Å². The Labute approximate surface area is 259 Å². The summed E-state index contributed by atoms with van der Waals surface area (Å²) in [5.74, 6) is 0.143. The fourth-order valence-corrected chi connectivity index (χ4v) is 6.12. The molecule has 4 atom stereocenters. The molecule has 8 nitrogen and oxygen atoms in total. The van der Waals surface area contributed by atoms with Gasteiger partial charge in [0, 0.05) is 37.8 Å². The zero-order valence-electron chi connectivity index (χ0n) is 26.1. The van der Waals surface area contributed by atoms with E-state index in [1.807, 2.05) is 18.7 Å². The van der Waals surface area contributed by atoms with E-state index in [1.165, 1.54) is 0 Å². The Morgan fingerprint density at radius 3 is 1.91 bits per heavy atom. The van der Waals surface area contributed by atoms with E-state index in [2.05, 4.69) is 9.97 Å². The maximum absolute atomic E-state index is 13.7. The molecule has 1 N–H and O–H groups in total. The highest BCUT2D eigenvalue weighted by atomic mass is 19.4. The minimum Gasteiger partial charge on any atom is -0.444 e. The molecule has 4 rings (SSSR count). The third-order valence-electron chi connectivity index (χ3n) is 8.27. The first-order chi connectivity index (χ1) is 20.9. The summed E-state index contributed by atoms with van der Waals surface area (Å²) in [6, 6.07) is 0.553. The van der Waals surface area contributed by atoms with E-state index >= 15 is 0 Å². The third-order valence-corrected chi connectivity index (χ3v) is 8.27. The summed E-state index contributed by atoms with van der Waals surface area (Å²) in [4.78, 5) is 27.6. The molecule has 3 heterocycles. The van der Waals surface area contributed by atoms with Gasteiger partial charge in [-0.05, 0) is 76.6 Å². The molecule has 0 unspecified atom stereocenters. The van der Waals surface area contributed by atoms with Crippen LogP contribution in [0.25, 0.3) is 0 Å². The predicted molar refractivity (Wildman–Crippen MR) is 157 cm³/mol. The van der Waals surface area contributed by atoms with Crippen molar-refractivity contribution in [3.05, 3.63) is 47.3 Å². The molecule has 1 aromatic heterocycles. The van der Waals surface area contributed by atoms with Crippen molar-refractivity contribution in [3.8, 4) is 0 Å². The van der Waals surface area contributed by atoms with Gasteiger partial charge in [-0.2, -0.15) is 26.3 Å². The number of aliphatic hydroxyl groups excluding tert-OH is 1. The molecule has 0 bridgehead atoms. The van der Waals surface area contributed by atoms with Crippen molar-refractivity contribution in [2.45, 2.75) is 115 Å². The number of piperidine rings is 1. The number of likely N-dealkylation sites (tertiary alicyclic amines) is 1. The second-order valence-corrected chi connectivity index (χ2v) is 12.8. The molecule has 2 aliphatic rings. The van der Waals surface area contributed by atoms with Gasteiger partial charge < -0.3 is 24.5 Å². The van der Waals surface area contributed by atoms with Gasteiger partial charge in [-0.3, -0.25) is 0 Å². The van der Waals surface area contributed by atoms with Crippen LogP contribution < -0.4 is 9.80 Å². The number of halogens is 6. The standard InChI is InChI=1S/C31H41F6N5O3/c1-6-22-13-24(14-23(7-2)42(22)28(44)45-29(3,4)5)41(27-38-15-25(16-39-27)40-9-8-26(43)18-40)17-19-10-20(30(32,33)34)12-21(11-19)31(35,36)37/h10-12,15-16,22-24,26,43H,6-9,13-14,17-18H2,1-5H3/t22-,23+,24+,26-/m0/s1. The highest BCUT2D eigenvalue weighted by Gasteiger charge is 2.42. The molecular weight excluding hydrogens is 604 g/mol. The highest BCUT2D eigenvalue weighted by Crippen LogP contribution is 2.38. The van der Waals surface area contributed by atoms with Crippen LogP contribution in [0.2, 0.25) is 0 Å². The van der Waals surface area contributed by atoms with Gasteiger partial charge in [0.05, 0.1) is 35.3 Å². The second-order valence-electron chi connectivity index (χ2n) is 12.8. The molecule has 0 saturated carbocycles. The summed E-state index contributed by atoms with van der Waals surface area (Å²) in [5, 5.41) is 9.93. The number of aromatic nitrogens is 2. The Bertz CT molecular complexity index is 1270. The van der Waals surface area contributed by atoms with Crippen molar-refractivity contribution < 1.29 is 41.0 Å². The fraction of sp³-hybridized carbons (Fsp3) is 0.645. The summed E-state index contributed by atoms with van der Waals surface area (Å²) in [6.07, 6.45) is -5.39. The quantitative estimate of drug-likeness (QED) is 0.323. The lowest BCUT2D eigenvalue weighted by molar-refractivity contribution is -0.143. The number of β-amino-alcohol motifs (C(OH)–C–C–N with tert-alkyl or cyclic N) is 1. The lowest BCUT2D eigenvalue weighted by atomic mass is 9.87. The number of benzene rings is 1. The Hall–Kier alpha value is -3.29. The van der Waals surface area contributed by atoms with Crippen LogP contribution in [-0.2, 0) is 23.6 Å². The van der Waals surface area contributed by atoms with E-state index in [9.17, 15) is 36.2 Å². The van der Waals surface area contributed by atoms with Crippen molar-refractivity contribution >= 4 is 17.7 Å². The first-order valence-electron chi connectivity index (χ1n) is 15.2. The molecule has 250 valence electrons. The molecule has 0 spiro atoms. The maximum Gasteiger partial charge on any atom is 0.416 e.